The second-order valence-electron chi connectivity index (χ2n) is 3.27. The van der Waals surface area contributed by atoms with Crippen LogP contribution in [0.1, 0.15) is 10.6 Å². The number of nitro benzene ring substituents is 1. The number of aromatic carboxylic acids is 1. The Kier molecular flexibility index (Phi) is 2.61. The summed E-state index contributed by atoms with van der Waals surface area (Å²) in [6, 6.07) is 8.51. The smallest absolute Gasteiger partial charge is 0.371 e. The molecule has 0 saturated heterocycles. The first-order chi connectivity index (χ1) is 8.08. The molecule has 6 heteroatoms. The molecule has 0 radical (unpaired) electrons. The van der Waals surface area contributed by atoms with E-state index in [0.717, 1.165) is 0 Å². The van der Waals surface area contributed by atoms with Crippen LogP contribution in [0.5, 0.6) is 0 Å². The molecule has 0 atom stereocenters. The molecule has 0 aliphatic carbocycles. The molecule has 0 unspecified atom stereocenters. The largest absolute Gasteiger partial charge is 0.475 e. The summed E-state index contributed by atoms with van der Waals surface area (Å²) in [6.07, 6.45) is 0. The molecule has 0 spiro atoms. The maximum absolute atomic E-state index is 10.6. The number of non-ortho nitro benzene ring substituents is 1. The zero-order chi connectivity index (χ0) is 12.4. The summed E-state index contributed by atoms with van der Waals surface area (Å²) in [4.78, 5) is 20.5. The van der Waals surface area contributed by atoms with Crippen LogP contribution < -0.4 is 0 Å². The molecular formula is C11H7NO5. The van der Waals surface area contributed by atoms with Crippen molar-refractivity contribution in [3.63, 3.8) is 0 Å². The van der Waals surface area contributed by atoms with E-state index in [1.807, 2.05) is 0 Å². The molecule has 0 amide bonds. The highest BCUT2D eigenvalue weighted by atomic mass is 16.6. The van der Waals surface area contributed by atoms with Crippen LogP contribution in [0.15, 0.2) is 40.8 Å². The second kappa shape index (κ2) is 4.09. The van der Waals surface area contributed by atoms with Gasteiger partial charge in [0.25, 0.3) is 5.69 Å². The van der Waals surface area contributed by atoms with Gasteiger partial charge in [-0.15, -0.1) is 0 Å². The number of nitrogens with zero attached hydrogens (tertiary/aromatic N) is 1. The number of rotatable bonds is 3. The van der Waals surface area contributed by atoms with Crippen LogP contribution in [-0.4, -0.2) is 16.0 Å². The molecule has 0 aliphatic rings. The quantitative estimate of drug-likeness (QED) is 0.649. The van der Waals surface area contributed by atoms with Crippen LogP contribution in [0.2, 0.25) is 0 Å². The minimum absolute atomic E-state index is 0.0289. The van der Waals surface area contributed by atoms with Gasteiger partial charge in [-0.2, -0.15) is 0 Å². The SMILES string of the molecule is O=C(O)c1ccc(-c2ccc([N+](=O)[O-])cc2)o1. The predicted octanol–water partition coefficient (Wildman–Crippen LogP) is 2.55. The lowest BCUT2D eigenvalue weighted by Crippen LogP contribution is -1.91. The monoisotopic (exact) mass is 233 g/mol. The number of furan rings is 1. The first kappa shape index (κ1) is 10.9. The number of carboxylic acid groups (broad SMARTS) is 1. The van der Waals surface area contributed by atoms with E-state index in [-0.39, 0.29) is 11.4 Å². The van der Waals surface area contributed by atoms with E-state index in [9.17, 15) is 14.9 Å². The van der Waals surface area contributed by atoms with Crippen molar-refractivity contribution in [1.29, 1.82) is 0 Å². The lowest BCUT2D eigenvalue weighted by molar-refractivity contribution is -0.384. The Morgan fingerprint density at radius 2 is 1.82 bits per heavy atom. The Labute approximate surface area is 95.3 Å². The van der Waals surface area contributed by atoms with Gasteiger partial charge in [0, 0.05) is 17.7 Å². The summed E-state index contributed by atoms with van der Waals surface area (Å²) in [5.74, 6) is -0.964. The molecule has 0 fully saturated rings. The predicted molar refractivity (Wildman–Crippen MR) is 57.8 cm³/mol. The van der Waals surface area contributed by atoms with Crippen molar-refractivity contribution in [2.45, 2.75) is 0 Å². The van der Waals surface area contributed by atoms with Gasteiger partial charge in [0.2, 0.25) is 5.76 Å². The summed E-state index contributed by atoms with van der Waals surface area (Å²) in [5.41, 5.74) is 0.557. The van der Waals surface area contributed by atoms with Crippen LogP contribution in [0.25, 0.3) is 11.3 Å². The van der Waals surface area contributed by atoms with Crippen molar-refractivity contribution in [3.8, 4) is 11.3 Å². The van der Waals surface area contributed by atoms with Gasteiger partial charge >= 0.3 is 5.97 Å². The third-order valence-electron chi connectivity index (χ3n) is 2.18. The van der Waals surface area contributed by atoms with Crippen LogP contribution >= 0.6 is 0 Å². The third-order valence-corrected chi connectivity index (χ3v) is 2.18. The molecule has 0 bridgehead atoms. The van der Waals surface area contributed by atoms with Crippen LogP contribution in [-0.2, 0) is 0 Å². The molecular weight excluding hydrogens is 226 g/mol. The molecule has 86 valence electrons. The third kappa shape index (κ3) is 2.15. The molecule has 2 aromatic rings. The number of hydrogen-bond acceptors (Lipinski definition) is 4. The second-order valence-corrected chi connectivity index (χ2v) is 3.27. The highest BCUT2D eigenvalue weighted by Gasteiger charge is 2.11. The van der Waals surface area contributed by atoms with Crippen LogP contribution in [0.4, 0.5) is 5.69 Å². The molecule has 1 aromatic heterocycles. The minimum atomic E-state index is -1.15. The Hall–Kier alpha value is -2.63. The van der Waals surface area contributed by atoms with Gasteiger partial charge in [0.15, 0.2) is 0 Å². The number of benzene rings is 1. The van der Waals surface area contributed by atoms with E-state index in [0.29, 0.717) is 11.3 Å². The molecule has 1 N–H and O–H groups in total. The molecule has 1 aromatic carbocycles. The first-order valence-electron chi connectivity index (χ1n) is 4.66. The lowest BCUT2D eigenvalue weighted by Gasteiger charge is -1.96. The maximum Gasteiger partial charge on any atom is 0.371 e. The summed E-state index contributed by atoms with van der Waals surface area (Å²) < 4.78 is 5.06. The zero-order valence-corrected chi connectivity index (χ0v) is 8.49. The number of nitro groups is 1. The van der Waals surface area contributed by atoms with Gasteiger partial charge in [-0.3, -0.25) is 10.1 Å². The van der Waals surface area contributed by atoms with Gasteiger partial charge in [-0.25, -0.2) is 4.79 Å². The van der Waals surface area contributed by atoms with Crippen molar-refractivity contribution < 1.29 is 19.2 Å². The number of carboxylic acids is 1. The van der Waals surface area contributed by atoms with Gasteiger partial charge in [-0.05, 0) is 24.3 Å². The normalized spacial score (nSPS) is 10.1. The highest BCUT2D eigenvalue weighted by molar-refractivity contribution is 5.85. The molecule has 0 aliphatic heterocycles. The first-order valence-corrected chi connectivity index (χ1v) is 4.66. The average molecular weight is 233 g/mol. The summed E-state index contributed by atoms with van der Waals surface area (Å²) in [6.45, 7) is 0. The van der Waals surface area contributed by atoms with Gasteiger partial charge in [0.05, 0.1) is 4.92 Å². The average Bonchev–Trinajstić information content (AvgIpc) is 2.78. The zero-order valence-electron chi connectivity index (χ0n) is 8.49. The molecule has 17 heavy (non-hydrogen) atoms. The molecule has 0 saturated carbocycles. The van der Waals surface area contributed by atoms with Gasteiger partial charge < -0.3 is 9.52 Å². The van der Waals surface area contributed by atoms with Gasteiger partial charge in [-0.1, -0.05) is 0 Å². The topological polar surface area (TPSA) is 93.6 Å². The van der Waals surface area contributed by atoms with Crippen molar-refractivity contribution in [3.05, 3.63) is 52.3 Å². The van der Waals surface area contributed by atoms with E-state index in [4.69, 9.17) is 9.52 Å². The maximum atomic E-state index is 10.6. The highest BCUT2D eigenvalue weighted by Crippen LogP contribution is 2.24. The van der Waals surface area contributed by atoms with Crippen molar-refractivity contribution in [1.82, 2.24) is 0 Å². The van der Waals surface area contributed by atoms with E-state index in [1.54, 1.807) is 0 Å². The van der Waals surface area contributed by atoms with E-state index < -0.39 is 10.9 Å². The van der Waals surface area contributed by atoms with Crippen LogP contribution in [0, 0.1) is 10.1 Å². The fourth-order valence-electron chi connectivity index (χ4n) is 1.36. The minimum Gasteiger partial charge on any atom is -0.475 e. The fraction of sp³-hybridized carbons (Fsp3) is 0. The molecule has 1 heterocycles. The Bertz CT molecular complexity index is 570. The van der Waals surface area contributed by atoms with Crippen molar-refractivity contribution in [2.75, 3.05) is 0 Å². The molecule has 2 rings (SSSR count). The van der Waals surface area contributed by atoms with E-state index in [2.05, 4.69) is 0 Å². The van der Waals surface area contributed by atoms with Crippen LogP contribution in [0.3, 0.4) is 0 Å². The van der Waals surface area contributed by atoms with Gasteiger partial charge in [0.1, 0.15) is 5.76 Å². The van der Waals surface area contributed by atoms with Crippen molar-refractivity contribution >= 4 is 11.7 Å². The summed E-state index contributed by atoms with van der Waals surface area (Å²) in [7, 11) is 0. The number of carbonyl (C=O) groups is 1. The lowest BCUT2D eigenvalue weighted by atomic mass is 10.1. The Morgan fingerprint density at radius 3 is 2.29 bits per heavy atom. The van der Waals surface area contributed by atoms with E-state index >= 15 is 0 Å². The summed E-state index contributed by atoms with van der Waals surface area (Å²) >= 11 is 0. The Morgan fingerprint density at radius 1 is 1.18 bits per heavy atom. The summed E-state index contributed by atoms with van der Waals surface area (Å²) in [5, 5.41) is 19.1. The molecule has 6 nitrogen and oxygen atoms in total. The van der Waals surface area contributed by atoms with E-state index in [1.165, 1.54) is 36.4 Å². The van der Waals surface area contributed by atoms with Crippen molar-refractivity contribution in [2.24, 2.45) is 0 Å². The Balaban J connectivity index is 2.33. The number of hydrogen-bond donors (Lipinski definition) is 1. The fourth-order valence-corrected chi connectivity index (χ4v) is 1.36. The standard InChI is InChI=1S/C11H7NO5/c13-11(14)10-6-5-9(17-10)7-1-3-8(4-2-7)12(15)16/h1-6H,(H,13,14).